The van der Waals surface area contributed by atoms with Crippen molar-refractivity contribution in [2.75, 3.05) is 13.1 Å². The molecule has 16 heavy (non-hydrogen) atoms. The Morgan fingerprint density at radius 1 is 1.06 bits per heavy atom. The first-order chi connectivity index (χ1) is 6.93. The Balaban J connectivity index is 0.00000225. The van der Waals surface area contributed by atoms with E-state index < -0.39 is 0 Å². The largest absolute Gasteiger partial charge is 0.297 e. The maximum Gasteiger partial charge on any atom is 0.0238 e. The van der Waals surface area contributed by atoms with Gasteiger partial charge in [0.1, 0.15) is 0 Å². The van der Waals surface area contributed by atoms with Gasteiger partial charge in [0.05, 0.1) is 0 Å². The van der Waals surface area contributed by atoms with Crippen LogP contribution < -0.4 is 0 Å². The molecule has 1 aliphatic heterocycles. The normalized spacial score (nSPS) is 21.8. The lowest BCUT2D eigenvalue weighted by Gasteiger charge is -2.47. The molecule has 0 unspecified atom stereocenters. The lowest BCUT2D eigenvalue weighted by Crippen LogP contribution is -2.57. The minimum atomic E-state index is 0. The summed E-state index contributed by atoms with van der Waals surface area (Å²) >= 11 is 0. The molecule has 0 aliphatic carbocycles. The number of hydrogen-bond donors (Lipinski definition) is 0. The number of hydrogen-bond acceptors (Lipinski definition) is 2. The molecule has 0 spiro atoms. The summed E-state index contributed by atoms with van der Waals surface area (Å²) in [5, 5.41) is 0. The molecule has 0 amide bonds. The zero-order valence-corrected chi connectivity index (χ0v) is 12.8. The molecular weight excluding hydrogens is 216 g/mol. The van der Waals surface area contributed by atoms with Crippen molar-refractivity contribution in [1.82, 2.24) is 9.80 Å². The molecule has 1 rings (SSSR count). The second-order valence-corrected chi connectivity index (χ2v) is 5.66. The summed E-state index contributed by atoms with van der Waals surface area (Å²) in [5.74, 6) is 0. The molecule has 3 heteroatoms. The van der Waals surface area contributed by atoms with Crippen LogP contribution in [0.2, 0.25) is 0 Å². The van der Waals surface area contributed by atoms with Crippen LogP contribution in [0, 0.1) is 0 Å². The van der Waals surface area contributed by atoms with E-state index in [-0.39, 0.29) is 13.5 Å². The minimum Gasteiger partial charge on any atom is -0.297 e. The summed E-state index contributed by atoms with van der Waals surface area (Å²) < 4.78 is 0. The molecule has 1 saturated heterocycles. The maximum absolute atomic E-state index is 2.62. The molecular formula is C13H30N2S. The van der Waals surface area contributed by atoms with Crippen molar-refractivity contribution in [2.45, 2.75) is 72.1 Å². The van der Waals surface area contributed by atoms with Crippen LogP contribution in [0.25, 0.3) is 0 Å². The molecule has 0 radical (unpaired) electrons. The van der Waals surface area contributed by atoms with E-state index in [4.69, 9.17) is 0 Å². The Kier molecular flexibility index (Phi) is 6.99. The van der Waals surface area contributed by atoms with Crippen molar-refractivity contribution < 1.29 is 0 Å². The van der Waals surface area contributed by atoms with Gasteiger partial charge in [0.25, 0.3) is 0 Å². The lowest BCUT2D eigenvalue weighted by atomic mass is 9.99. The molecule has 2 nitrogen and oxygen atoms in total. The van der Waals surface area contributed by atoms with E-state index in [2.05, 4.69) is 51.3 Å². The van der Waals surface area contributed by atoms with E-state index in [0.29, 0.717) is 18.1 Å². The number of nitrogens with zero attached hydrogens (tertiary/aromatic N) is 2. The Bertz CT molecular complexity index is 184. The molecule has 0 aromatic carbocycles. The fourth-order valence-electron chi connectivity index (χ4n) is 2.60. The van der Waals surface area contributed by atoms with Gasteiger partial charge < -0.3 is 0 Å². The third kappa shape index (κ3) is 3.94. The number of likely N-dealkylation sites (tertiary alicyclic amines) is 1. The smallest absolute Gasteiger partial charge is 0.0238 e. The lowest BCUT2D eigenvalue weighted by molar-refractivity contribution is 0.0136. The Hall–Kier alpha value is 0.270. The van der Waals surface area contributed by atoms with Gasteiger partial charge in [-0.05, 0) is 48.0 Å². The summed E-state index contributed by atoms with van der Waals surface area (Å²) in [4.78, 5) is 5.23. The third-order valence-corrected chi connectivity index (χ3v) is 3.60. The Morgan fingerprint density at radius 2 is 1.56 bits per heavy atom. The van der Waals surface area contributed by atoms with Gasteiger partial charge in [-0.3, -0.25) is 9.80 Å². The van der Waals surface area contributed by atoms with Crippen LogP contribution in [0.5, 0.6) is 0 Å². The van der Waals surface area contributed by atoms with Crippen molar-refractivity contribution in [3.05, 3.63) is 0 Å². The molecule has 0 aromatic rings. The zero-order valence-electron chi connectivity index (χ0n) is 11.8. The monoisotopic (exact) mass is 246 g/mol. The first-order valence-corrected chi connectivity index (χ1v) is 6.45. The minimum absolute atomic E-state index is 0. The number of rotatable bonds is 5. The van der Waals surface area contributed by atoms with Crippen LogP contribution in [0.3, 0.4) is 0 Å². The van der Waals surface area contributed by atoms with Gasteiger partial charge in [0.15, 0.2) is 0 Å². The second-order valence-electron chi connectivity index (χ2n) is 5.66. The van der Waals surface area contributed by atoms with E-state index in [0.717, 1.165) is 6.04 Å². The molecule has 1 fully saturated rings. The first-order valence-electron chi connectivity index (χ1n) is 6.45. The molecule has 0 saturated carbocycles. The highest BCUT2D eigenvalue weighted by Crippen LogP contribution is 2.22. The summed E-state index contributed by atoms with van der Waals surface area (Å²) in [6.07, 6.45) is 1.38. The highest BCUT2D eigenvalue weighted by molar-refractivity contribution is 7.59. The standard InChI is InChI=1S/C13H28N2.H2S/c1-10(2)14-8-7-13(14)9-15(11(3)4)12(5)6;/h10-13H,7-9H2,1-6H3;1H2/t13-;/m0./s1. The van der Waals surface area contributed by atoms with Gasteiger partial charge in [-0.2, -0.15) is 13.5 Å². The SMILES string of the molecule is CC(C)N(C[C@@H]1CCN1C(C)C)C(C)C.S. The molecule has 1 aliphatic rings. The van der Waals surface area contributed by atoms with E-state index in [1.807, 2.05) is 0 Å². The van der Waals surface area contributed by atoms with Gasteiger partial charge in [0, 0.05) is 37.3 Å². The molecule has 98 valence electrons. The van der Waals surface area contributed by atoms with E-state index in [9.17, 15) is 0 Å². The summed E-state index contributed by atoms with van der Waals surface area (Å²) in [7, 11) is 0. The predicted octanol–water partition coefficient (Wildman–Crippen LogP) is 2.70. The fourth-order valence-corrected chi connectivity index (χ4v) is 2.60. The Morgan fingerprint density at radius 3 is 1.81 bits per heavy atom. The van der Waals surface area contributed by atoms with Gasteiger partial charge >= 0.3 is 0 Å². The van der Waals surface area contributed by atoms with Crippen molar-refractivity contribution in [3.63, 3.8) is 0 Å². The molecule has 1 heterocycles. The highest BCUT2D eigenvalue weighted by Gasteiger charge is 2.32. The van der Waals surface area contributed by atoms with Gasteiger partial charge in [0.2, 0.25) is 0 Å². The maximum atomic E-state index is 2.62. The van der Waals surface area contributed by atoms with Crippen molar-refractivity contribution in [3.8, 4) is 0 Å². The van der Waals surface area contributed by atoms with Crippen molar-refractivity contribution in [2.24, 2.45) is 0 Å². The molecule has 0 bridgehead atoms. The van der Waals surface area contributed by atoms with Crippen LogP contribution >= 0.6 is 13.5 Å². The van der Waals surface area contributed by atoms with Crippen LogP contribution in [-0.2, 0) is 0 Å². The van der Waals surface area contributed by atoms with Crippen LogP contribution in [0.1, 0.15) is 48.0 Å². The predicted molar refractivity (Wildman–Crippen MR) is 77.6 cm³/mol. The van der Waals surface area contributed by atoms with Crippen LogP contribution in [0.15, 0.2) is 0 Å². The Labute approximate surface area is 109 Å². The topological polar surface area (TPSA) is 6.48 Å². The van der Waals surface area contributed by atoms with E-state index >= 15 is 0 Å². The molecule has 1 atom stereocenters. The van der Waals surface area contributed by atoms with E-state index in [1.54, 1.807) is 0 Å². The highest BCUT2D eigenvalue weighted by atomic mass is 32.1. The second kappa shape index (κ2) is 6.87. The van der Waals surface area contributed by atoms with Gasteiger partial charge in [-0.25, -0.2) is 0 Å². The molecule has 0 aromatic heterocycles. The fraction of sp³-hybridized carbons (Fsp3) is 1.00. The van der Waals surface area contributed by atoms with Crippen molar-refractivity contribution in [1.29, 1.82) is 0 Å². The average molecular weight is 246 g/mol. The van der Waals surface area contributed by atoms with E-state index in [1.165, 1.54) is 19.5 Å². The van der Waals surface area contributed by atoms with Gasteiger partial charge in [-0.1, -0.05) is 0 Å². The molecule has 0 N–H and O–H groups in total. The zero-order chi connectivity index (χ0) is 11.6. The summed E-state index contributed by atoms with van der Waals surface area (Å²) in [6.45, 7) is 16.4. The van der Waals surface area contributed by atoms with Gasteiger partial charge in [-0.15, -0.1) is 0 Å². The summed E-state index contributed by atoms with van der Waals surface area (Å²) in [5.41, 5.74) is 0. The third-order valence-electron chi connectivity index (χ3n) is 3.60. The quantitative estimate of drug-likeness (QED) is 0.736. The van der Waals surface area contributed by atoms with Crippen LogP contribution in [-0.4, -0.2) is 47.1 Å². The van der Waals surface area contributed by atoms with Crippen molar-refractivity contribution >= 4 is 13.5 Å². The average Bonchev–Trinajstić information content (AvgIpc) is 1.99. The first kappa shape index (κ1) is 16.3. The summed E-state index contributed by atoms with van der Waals surface area (Å²) in [6, 6.07) is 2.85. The van der Waals surface area contributed by atoms with Crippen LogP contribution in [0.4, 0.5) is 0 Å².